The first-order valence-corrected chi connectivity index (χ1v) is 11.7. The molecular formula is C27H30N6O. The monoisotopic (exact) mass is 454 g/mol. The van der Waals surface area contributed by atoms with E-state index in [9.17, 15) is 5.26 Å². The number of hydrogen-bond acceptors (Lipinski definition) is 6. The lowest BCUT2D eigenvalue weighted by molar-refractivity contribution is 0.414. The molecule has 1 atom stereocenters. The van der Waals surface area contributed by atoms with Gasteiger partial charge in [-0.1, -0.05) is 33.8 Å². The van der Waals surface area contributed by atoms with Gasteiger partial charge < -0.3 is 10.1 Å². The van der Waals surface area contributed by atoms with Crippen LogP contribution in [-0.2, 0) is 12.8 Å². The van der Waals surface area contributed by atoms with Crippen LogP contribution in [0.2, 0.25) is 0 Å². The van der Waals surface area contributed by atoms with Gasteiger partial charge >= 0.3 is 0 Å². The number of nitriles is 1. The summed E-state index contributed by atoms with van der Waals surface area (Å²) in [4.78, 5) is 9.11. The van der Waals surface area contributed by atoms with Crippen LogP contribution in [0.5, 0.6) is 5.75 Å². The molecule has 0 fully saturated rings. The summed E-state index contributed by atoms with van der Waals surface area (Å²) >= 11 is 0. The van der Waals surface area contributed by atoms with Gasteiger partial charge in [0, 0.05) is 35.6 Å². The molecule has 4 aromatic rings. The fraction of sp³-hybridized carbons (Fsp3) is 0.333. The second kappa shape index (κ2) is 9.92. The van der Waals surface area contributed by atoms with Crippen molar-refractivity contribution in [3.63, 3.8) is 0 Å². The minimum atomic E-state index is 0.242. The molecule has 0 bridgehead atoms. The molecule has 0 spiro atoms. The Bertz CT molecular complexity index is 1350. The number of hydrogen-bond donors (Lipinski definition) is 1. The molecule has 0 radical (unpaired) electrons. The Kier molecular flexibility index (Phi) is 6.78. The van der Waals surface area contributed by atoms with Gasteiger partial charge in [0.15, 0.2) is 5.65 Å². The van der Waals surface area contributed by atoms with Crippen LogP contribution in [0.15, 0.2) is 48.9 Å². The molecule has 3 heterocycles. The van der Waals surface area contributed by atoms with E-state index in [0.717, 1.165) is 46.9 Å². The van der Waals surface area contributed by atoms with E-state index in [-0.39, 0.29) is 12.0 Å². The molecule has 174 valence electrons. The summed E-state index contributed by atoms with van der Waals surface area (Å²) in [7, 11) is 1.70. The molecule has 1 aliphatic carbocycles. The number of ether oxygens (including phenoxy) is 1. The summed E-state index contributed by atoms with van der Waals surface area (Å²) < 4.78 is 7.27. The molecule has 0 saturated heterocycles. The average Bonchev–Trinajstić information content (AvgIpc) is 3.48. The SMILES string of the molecule is CC.COc1ccc2c(c1)CC(Nc1cc(-c3cncc(C#N)c3)nc3c(C(C)C)cnn13)C2. The van der Waals surface area contributed by atoms with E-state index >= 15 is 0 Å². The summed E-state index contributed by atoms with van der Waals surface area (Å²) in [5.41, 5.74) is 6.63. The van der Waals surface area contributed by atoms with E-state index in [1.54, 1.807) is 19.5 Å². The third-order valence-corrected chi connectivity index (χ3v) is 5.98. The van der Waals surface area contributed by atoms with Gasteiger partial charge in [0.2, 0.25) is 0 Å². The largest absolute Gasteiger partial charge is 0.497 e. The molecule has 0 amide bonds. The van der Waals surface area contributed by atoms with Crippen molar-refractivity contribution in [2.24, 2.45) is 0 Å². The second-order valence-electron chi connectivity index (χ2n) is 8.47. The Labute approximate surface area is 200 Å². The minimum Gasteiger partial charge on any atom is -0.497 e. The van der Waals surface area contributed by atoms with Crippen molar-refractivity contribution < 1.29 is 4.74 Å². The van der Waals surface area contributed by atoms with E-state index in [0.29, 0.717) is 5.56 Å². The molecule has 7 heteroatoms. The van der Waals surface area contributed by atoms with Crippen LogP contribution in [0.4, 0.5) is 5.82 Å². The smallest absolute Gasteiger partial charge is 0.161 e. The van der Waals surface area contributed by atoms with E-state index in [2.05, 4.69) is 47.4 Å². The molecule has 34 heavy (non-hydrogen) atoms. The molecule has 3 aromatic heterocycles. The van der Waals surface area contributed by atoms with Gasteiger partial charge in [0.05, 0.1) is 24.6 Å². The number of nitrogens with zero attached hydrogens (tertiary/aromatic N) is 5. The van der Waals surface area contributed by atoms with E-state index in [1.807, 2.05) is 42.8 Å². The highest BCUT2D eigenvalue weighted by Gasteiger charge is 2.24. The Balaban J connectivity index is 0.00000133. The number of nitrogens with one attached hydrogen (secondary N) is 1. The van der Waals surface area contributed by atoms with Crippen molar-refractivity contribution in [2.45, 2.75) is 52.5 Å². The molecule has 1 N–H and O–H groups in total. The number of fused-ring (bicyclic) bond motifs is 2. The van der Waals surface area contributed by atoms with Gasteiger partial charge in [-0.05, 0) is 48.1 Å². The van der Waals surface area contributed by atoms with Crippen molar-refractivity contribution in [2.75, 3.05) is 12.4 Å². The van der Waals surface area contributed by atoms with Gasteiger partial charge in [-0.3, -0.25) is 4.98 Å². The maximum absolute atomic E-state index is 9.29. The third-order valence-electron chi connectivity index (χ3n) is 5.98. The highest BCUT2D eigenvalue weighted by atomic mass is 16.5. The van der Waals surface area contributed by atoms with E-state index < -0.39 is 0 Å². The number of rotatable bonds is 5. The Hall–Kier alpha value is -3.92. The maximum Gasteiger partial charge on any atom is 0.161 e. The fourth-order valence-electron chi connectivity index (χ4n) is 4.31. The van der Waals surface area contributed by atoms with Crippen molar-refractivity contribution >= 4 is 11.5 Å². The predicted octanol–water partition coefficient (Wildman–Crippen LogP) is 5.40. The molecule has 1 aliphatic rings. The normalized spacial score (nSPS) is 14.3. The van der Waals surface area contributed by atoms with Crippen LogP contribution < -0.4 is 10.1 Å². The third kappa shape index (κ3) is 4.44. The summed E-state index contributed by atoms with van der Waals surface area (Å²) in [6, 6.07) is 12.5. The lowest BCUT2D eigenvalue weighted by atomic mass is 10.1. The highest BCUT2D eigenvalue weighted by Crippen LogP contribution is 2.31. The Morgan fingerprint density at radius 1 is 1.09 bits per heavy atom. The van der Waals surface area contributed by atoms with Crippen LogP contribution in [0.3, 0.4) is 0 Å². The lowest BCUT2D eigenvalue weighted by Gasteiger charge is -2.16. The summed E-state index contributed by atoms with van der Waals surface area (Å²) in [5, 5.41) is 17.6. The number of aromatic nitrogens is 4. The van der Waals surface area contributed by atoms with E-state index in [1.165, 1.54) is 11.1 Å². The van der Waals surface area contributed by atoms with Gasteiger partial charge in [-0.25, -0.2) is 4.98 Å². The first-order chi connectivity index (χ1) is 16.6. The van der Waals surface area contributed by atoms with Crippen LogP contribution in [0, 0.1) is 11.3 Å². The molecule has 0 aliphatic heterocycles. The lowest BCUT2D eigenvalue weighted by Crippen LogP contribution is -2.21. The van der Waals surface area contributed by atoms with E-state index in [4.69, 9.17) is 9.72 Å². The molecule has 1 aromatic carbocycles. The number of methoxy groups -OCH3 is 1. The van der Waals surface area contributed by atoms with Gasteiger partial charge in [-0.15, -0.1) is 0 Å². The molecular weight excluding hydrogens is 424 g/mol. The van der Waals surface area contributed by atoms with Gasteiger partial charge in [0.25, 0.3) is 0 Å². The number of benzene rings is 1. The molecule has 5 rings (SSSR count). The second-order valence-corrected chi connectivity index (χ2v) is 8.47. The zero-order valence-electron chi connectivity index (χ0n) is 20.3. The topological polar surface area (TPSA) is 88.1 Å². The minimum absolute atomic E-state index is 0.242. The predicted molar refractivity (Wildman–Crippen MR) is 134 cm³/mol. The van der Waals surface area contributed by atoms with Crippen LogP contribution in [0.1, 0.15) is 55.9 Å². The quantitative estimate of drug-likeness (QED) is 0.434. The first kappa shape index (κ1) is 23.2. The van der Waals surface area contributed by atoms with Crippen molar-refractivity contribution in [3.05, 3.63) is 71.2 Å². The van der Waals surface area contributed by atoms with Crippen molar-refractivity contribution in [3.8, 4) is 23.1 Å². The maximum atomic E-state index is 9.29. The van der Waals surface area contributed by atoms with Crippen molar-refractivity contribution in [1.29, 1.82) is 5.26 Å². The average molecular weight is 455 g/mol. The highest BCUT2D eigenvalue weighted by molar-refractivity contribution is 5.68. The molecule has 7 nitrogen and oxygen atoms in total. The molecule has 0 saturated carbocycles. The van der Waals surface area contributed by atoms with Crippen LogP contribution in [0.25, 0.3) is 16.9 Å². The van der Waals surface area contributed by atoms with Crippen molar-refractivity contribution in [1.82, 2.24) is 19.6 Å². The zero-order valence-corrected chi connectivity index (χ0v) is 20.3. The van der Waals surface area contributed by atoms with Crippen LogP contribution in [-0.4, -0.2) is 32.7 Å². The standard InChI is InChI=1S/C25H24N6O.C2H6/c1-15(2)22-14-28-31-24(29-20-7-17-4-5-21(32-3)9-18(17)8-20)10-23(30-25(22)31)19-6-16(11-26)12-27-13-19;1-2/h4-6,9-10,12-15,20,29H,7-8H2,1-3H3;1-2H3. The Morgan fingerprint density at radius 3 is 2.62 bits per heavy atom. The summed E-state index contributed by atoms with van der Waals surface area (Å²) in [6.07, 6.45) is 7.04. The summed E-state index contributed by atoms with van der Waals surface area (Å²) in [6.45, 7) is 8.27. The van der Waals surface area contributed by atoms with Gasteiger partial charge in [0.1, 0.15) is 17.6 Å². The Morgan fingerprint density at radius 2 is 1.88 bits per heavy atom. The summed E-state index contributed by atoms with van der Waals surface area (Å²) in [5.74, 6) is 2.05. The molecule has 1 unspecified atom stereocenters. The fourth-order valence-corrected chi connectivity index (χ4v) is 4.31. The number of anilines is 1. The van der Waals surface area contributed by atoms with Crippen LogP contribution >= 0.6 is 0 Å². The number of pyridine rings is 1. The zero-order chi connectivity index (χ0) is 24.2. The van der Waals surface area contributed by atoms with Gasteiger partial charge in [-0.2, -0.15) is 14.9 Å². The first-order valence-electron chi connectivity index (χ1n) is 11.7.